The van der Waals surface area contributed by atoms with Gasteiger partial charge in [0, 0.05) is 0 Å². The van der Waals surface area contributed by atoms with Crippen molar-refractivity contribution in [1.29, 1.82) is 0 Å². The zero-order chi connectivity index (χ0) is 13.1. The van der Waals surface area contributed by atoms with Crippen molar-refractivity contribution < 1.29 is 5.11 Å². The van der Waals surface area contributed by atoms with Crippen LogP contribution in [-0.2, 0) is 0 Å². The molecule has 0 saturated heterocycles. The van der Waals surface area contributed by atoms with Gasteiger partial charge in [-0.15, -0.1) is 0 Å². The Morgan fingerprint density at radius 1 is 1.06 bits per heavy atom. The van der Waals surface area contributed by atoms with E-state index in [0.717, 1.165) is 24.2 Å². The summed E-state index contributed by atoms with van der Waals surface area (Å²) in [5.41, 5.74) is 1.06. The van der Waals surface area contributed by atoms with Crippen LogP contribution in [0.4, 0.5) is 0 Å². The topological polar surface area (TPSA) is 20.2 Å². The summed E-state index contributed by atoms with van der Waals surface area (Å²) in [7, 11) is 0. The molecule has 1 N–H and O–H groups in total. The first-order valence-electron chi connectivity index (χ1n) is 8.06. The van der Waals surface area contributed by atoms with Gasteiger partial charge >= 0.3 is 0 Å². The second-order valence-electron chi connectivity index (χ2n) is 8.24. The maximum atomic E-state index is 10.2. The van der Waals surface area contributed by atoms with E-state index >= 15 is 0 Å². The van der Waals surface area contributed by atoms with E-state index < -0.39 is 0 Å². The third kappa shape index (κ3) is 1.49. The van der Waals surface area contributed by atoms with Crippen LogP contribution in [0.15, 0.2) is 0 Å². The van der Waals surface area contributed by atoms with Crippen molar-refractivity contribution in [2.45, 2.75) is 72.3 Å². The SMILES string of the molecule is CC1C(O)CCCC1[C@@H]1C[C@H]2CC[C@]1(C)C2(C)C. The van der Waals surface area contributed by atoms with E-state index in [4.69, 9.17) is 0 Å². The van der Waals surface area contributed by atoms with E-state index in [0.29, 0.717) is 16.7 Å². The highest BCUT2D eigenvalue weighted by Gasteiger charge is 2.63. The lowest BCUT2D eigenvalue weighted by Gasteiger charge is -2.47. The van der Waals surface area contributed by atoms with Crippen LogP contribution < -0.4 is 0 Å². The van der Waals surface area contributed by atoms with E-state index in [2.05, 4.69) is 27.7 Å². The summed E-state index contributed by atoms with van der Waals surface area (Å²) in [5, 5.41) is 10.2. The van der Waals surface area contributed by atoms with Gasteiger partial charge in [-0.2, -0.15) is 0 Å². The van der Waals surface area contributed by atoms with Gasteiger partial charge in [-0.05, 0) is 66.6 Å². The Hall–Kier alpha value is -0.0400. The normalized spacial score (nSPS) is 54.8. The second kappa shape index (κ2) is 3.98. The fourth-order valence-electron chi connectivity index (χ4n) is 5.85. The smallest absolute Gasteiger partial charge is 0.0568 e. The van der Waals surface area contributed by atoms with Crippen LogP contribution in [0.2, 0.25) is 0 Å². The molecule has 6 atom stereocenters. The van der Waals surface area contributed by atoms with Crippen molar-refractivity contribution in [3.63, 3.8) is 0 Å². The third-order valence-electron chi connectivity index (χ3n) is 7.70. The molecule has 3 saturated carbocycles. The Bertz CT molecular complexity index is 335. The van der Waals surface area contributed by atoms with Gasteiger partial charge in [0.2, 0.25) is 0 Å². The number of fused-ring (bicyclic) bond motifs is 2. The maximum Gasteiger partial charge on any atom is 0.0568 e. The maximum absolute atomic E-state index is 10.2. The standard InChI is InChI=1S/C17H30O/c1-11-13(6-5-7-15(11)18)14-10-12-8-9-17(14,4)16(12,2)3/h11-15,18H,5-10H2,1-4H3/t11?,12-,13?,14+,15?,17+/m1/s1. The van der Waals surface area contributed by atoms with Gasteiger partial charge in [-0.25, -0.2) is 0 Å². The summed E-state index contributed by atoms with van der Waals surface area (Å²) in [5.74, 6) is 3.12. The van der Waals surface area contributed by atoms with Crippen LogP contribution in [0.25, 0.3) is 0 Å². The van der Waals surface area contributed by atoms with Crippen molar-refractivity contribution in [3.05, 3.63) is 0 Å². The summed E-state index contributed by atoms with van der Waals surface area (Å²) in [6.07, 6.45) is 7.92. The van der Waals surface area contributed by atoms with Gasteiger partial charge in [-0.3, -0.25) is 0 Å². The minimum Gasteiger partial charge on any atom is -0.393 e. The number of aliphatic hydroxyl groups excluding tert-OH is 1. The molecule has 0 radical (unpaired) electrons. The largest absolute Gasteiger partial charge is 0.393 e. The predicted octanol–water partition coefficient (Wildman–Crippen LogP) is 4.25. The molecule has 104 valence electrons. The van der Waals surface area contributed by atoms with Crippen LogP contribution in [0.3, 0.4) is 0 Å². The summed E-state index contributed by atoms with van der Waals surface area (Å²) in [4.78, 5) is 0. The summed E-state index contributed by atoms with van der Waals surface area (Å²) in [6, 6.07) is 0. The minimum absolute atomic E-state index is 0.0328. The van der Waals surface area contributed by atoms with E-state index in [1.54, 1.807) is 0 Å². The Labute approximate surface area is 112 Å². The van der Waals surface area contributed by atoms with E-state index in [-0.39, 0.29) is 6.10 Å². The Morgan fingerprint density at radius 3 is 2.33 bits per heavy atom. The molecule has 0 aliphatic heterocycles. The molecule has 2 bridgehead atoms. The lowest BCUT2D eigenvalue weighted by molar-refractivity contribution is -0.0242. The lowest BCUT2D eigenvalue weighted by Crippen LogP contribution is -2.42. The molecular formula is C17H30O. The van der Waals surface area contributed by atoms with Crippen LogP contribution in [0.1, 0.15) is 66.2 Å². The van der Waals surface area contributed by atoms with Crippen molar-refractivity contribution in [2.24, 2.45) is 34.5 Å². The van der Waals surface area contributed by atoms with Crippen LogP contribution in [-0.4, -0.2) is 11.2 Å². The molecule has 3 aliphatic carbocycles. The highest BCUT2D eigenvalue weighted by molar-refractivity contribution is 5.12. The fourth-order valence-corrected chi connectivity index (χ4v) is 5.85. The Balaban J connectivity index is 1.86. The quantitative estimate of drug-likeness (QED) is 0.738. The summed E-state index contributed by atoms with van der Waals surface area (Å²) >= 11 is 0. The molecule has 0 aromatic heterocycles. The van der Waals surface area contributed by atoms with Crippen molar-refractivity contribution in [2.75, 3.05) is 0 Å². The molecule has 0 spiro atoms. The van der Waals surface area contributed by atoms with Gasteiger partial charge < -0.3 is 5.11 Å². The zero-order valence-electron chi connectivity index (χ0n) is 12.6. The van der Waals surface area contributed by atoms with Gasteiger partial charge in [0.05, 0.1) is 6.10 Å². The number of aliphatic hydroxyl groups is 1. The molecule has 18 heavy (non-hydrogen) atoms. The monoisotopic (exact) mass is 250 g/mol. The van der Waals surface area contributed by atoms with E-state index in [1.807, 2.05) is 0 Å². The minimum atomic E-state index is -0.0328. The molecule has 3 rings (SSSR count). The molecule has 3 unspecified atom stereocenters. The highest BCUT2D eigenvalue weighted by atomic mass is 16.3. The van der Waals surface area contributed by atoms with Gasteiger partial charge in [0.1, 0.15) is 0 Å². The first-order chi connectivity index (χ1) is 8.38. The predicted molar refractivity (Wildman–Crippen MR) is 75.2 cm³/mol. The number of hydrogen-bond acceptors (Lipinski definition) is 1. The molecule has 1 heteroatoms. The van der Waals surface area contributed by atoms with Crippen LogP contribution in [0, 0.1) is 34.5 Å². The first-order valence-corrected chi connectivity index (χ1v) is 8.06. The molecule has 0 amide bonds. The summed E-state index contributed by atoms with van der Waals surface area (Å²) < 4.78 is 0. The first kappa shape index (κ1) is 13.0. The van der Waals surface area contributed by atoms with E-state index in [1.165, 1.54) is 32.1 Å². The Kier molecular flexibility index (Phi) is 2.86. The molecule has 3 fully saturated rings. The van der Waals surface area contributed by atoms with Crippen LogP contribution in [0.5, 0.6) is 0 Å². The molecule has 3 aliphatic rings. The molecule has 0 aromatic carbocycles. The average molecular weight is 250 g/mol. The Morgan fingerprint density at radius 2 is 1.78 bits per heavy atom. The van der Waals surface area contributed by atoms with Crippen LogP contribution >= 0.6 is 0 Å². The fraction of sp³-hybridized carbons (Fsp3) is 1.00. The molecule has 0 heterocycles. The molecular weight excluding hydrogens is 220 g/mol. The van der Waals surface area contributed by atoms with Crippen molar-refractivity contribution >= 4 is 0 Å². The highest BCUT2D eigenvalue weighted by Crippen LogP contribution is 2.70. The van der Waals surface area contributed by atoms with E-state index in [9.17, 15) is 5.11 Å². The summed E-state index contributed by atoms with van der Waals surface area (Å²) in [6.45, 7) is 9.87. The van der Waals surface area contributed by atoms with Crippen molar-refractivity contribution in [3.8, 4) is 0 Å². The average Bonchev–Trinajstić information content (AvgIpc) is 2.65. The lowest BCUT2D eigenvalue weighted by atomic mass is 9.59. The number of hydrogen-bond donors (Lipinski definition) is 1. The van der Waals surface area contributed by atoms with Crippen molar-refractivity contribution in [1.82, 2.24) is 0 Å². The molecule has 0 aromatic rings. The second-order valence-corrected chi connectivity index (χ2v) is 8.24. The number of rotatable bonds is 1. The van der Waals surface area contributed by atoms with Gasteiger partial charge in [0.15, 0.2) is 0 Å². The molecule has 1 nitrogen and oxygen atoms in total. The zero-order valence-corrected chi connectivity index (χ0v) is 12.6. The van der Waals surface area contributed by atoms with Gasteiger partial charge in [-0.1, -0.05) is 34.1 Å². The van der Waals surface area contributed by atoms with Gasteiger partial charge in [0.25, 0.3) is 0 Å². The third-order valence-corrected chi connectivity index (χ3v) is 7.70.